The molecule has 0 amide bonds. The van der Waals surface area contributed by atoms with E-state index in [2.05, 4.69) is 5.32 Å². The highest BCUT2D eigenvalue weighted by Gasteiger charge is 2.04. The molecular weight excluding hydrogens is 255 g/mol. The average molecular weight is 267 g/mol. The molecule has 17 heavy (non-hydrogen) atoms. The number of nitrogens with one attached hydrogen (secondary N) is 1. The smallest absolute Gasteiger partial charge is 0.0827 e. The molecule has 2 rings (SSSR count). The number of hydrogen-bond donors (Lipinski definition) is 2. The minimum absolute atomic E-state index is 0.513. The van der Waals surface area contributed by atoms with Crippen molar-refractivity contribution in [2.24, 2.45) is 5.73 Å². The number of rotatable bonds is 3. The van der Waals surface area contributed by atoms with Gasteiger partial charge in [0.1, 0.15) is 0 Å². The lowest BCUT2D eigenvalue weighted by molar-refractivity contribution is 1.07. The van der Waals surface area contributed by atoms with Gasteiger partial charge in [-0.1, -0.05) is 41.4 Å². The molecule has 0 aliphatic heterocycles. The minimum atomic E-state index is 0.513. The van der Waals surface area contributed by atoms with Crippen molar-refractivity contribution < 1.29 is 0 Å². The summed E-state index contributed by atoms with van der Waals surface area (Å²) >= 11 is 12.0. The molecule has 0 atom stereocenters. The van der Waals surface area contributed by atoms with Crippen LogP contribution in [-0.4, -0.2) is 0 Å². The number of halogens is 2. The molecule has 0 saturated carbocycles. The third kappa shape index (κ3) is 2.91. The lowest BCUT2D eigenvalue weighted by Crippen LogP contribution is -1.97. The van der Waals surface area contributed by atoms with Gasteiger partial charge in [0, 0.05) is 12.2 Å². The van der Waals surface area contributed by atoms with Crippen LogP contribution in [0.25, 0.3) is 0 Å². The highest BCUT2D eigenvalue weighted by Crippen LogP contribution is 2.31. The van der Waals surface area contributed by atoms with E-state index in [0.29, 0.717) is 16.6 Å². The fraction of sp³-hybridized carbons (Fsp3) is 0.0769. The summed E-state index contributed by atoms with van der Waals surface area (Å²) in [5.74, 6) is 0. The summed E-state index contributed by atoms with van der Waals surface area (Å²) in [6, 6.07) is 13.3. The molecule has 88 valence electrons. The van der Waals surface area contributed by atoms with E-state index < -0.39 is 0 Å². The standard InChI is InChI=1S/C13H12Cl2N2/c14-11-5-2-6-12(13(11)15)17-10-4-1-3-9(7-10)8-16/h1-7,17H,8,16H2. The van der Waals surface area contributed by atoms with Crippen LogP contribution in [0.3, 0.4) is 0 Å². The second-order valence-corrected chi connectivity index (χ2v) is 4.42. The molecule has 0 unspecified atom stereocenters. The molecule has 0 radical (unpaired) electrons. The SMILES string of the molecule is NCc1cccc(Nc2cccc(Cl)c2Cl)c1. The Balaban J connectivity index is 2.28. The van der Waals surface area contributed by atoms with Crippen molar-refractivity contribution in [2.45, 2.75) is 6.54 Å². The van der Waals surface area contributed by atoms with Gasteiger partial charge in [0.15, 0.2) is 0 Å². The Labute approximate surface area is 110 Å². The minimum Gasteiger partial charge on any atom is -0.354 e. The van der Waals surface area contributed by atoms with Crippen LogP contribution in [0.5, 0.6) is 0 Å². The molecular formula is C13H12Cl2N2. The molecule has 0 heterocycles. The monoisotopic (exact) mass is 266 g/mol. The molecule has 2 aromatic carbocycles. The first kappa shape index (κ1) is 12.2. The van der Waals surface area contributed by atoms with Crippen molar-refractivity contribution in [2.75, 3.05) is 5.32 Å². The maximum absolute atomic E-state index is 6.10. The highest BCUT2D eigenvalue weighted by atomic mass is 35.5. The third-order valence-corrected chi connectivity index (χ3v) is 3.21. The molecule has 0 aliphatic carbocycles. The Morgan fingerprint density at radius 1 is 1.06 bits per heavy atom. The topological polar surface area (TPSA) is 38.0 Å². The van der Waals surface area contributed by atoms with Gasteiger partial charge >= 0.3 is 0 Å². The maximum Gasteiger partial charge on any atom is 0.0827 e. The summed E-state index contributed by atoms with van der Waals surface area (Å²) in [6.07, 6.45) is 0. The molecule has 2 nitrogen and oxygen atoms in total. The lowest BCUT2D eigenvalue weighted by Gasteiger charge is -2.10. The number of benzene rings is 2. The van der Waals surface area contributed by atoms with E-state index in [1.807, 2.05) is 36.4 Å². The van der Waals surface area contributed by atoms with Crippen LogP contribution in [0.2, 0.25) is 10.0 Å². The van der Waals surface area contributed by atoms with E-state index in [0.717, 1.165) is 16.9 Å². The predicted octanol–water partition coefficient (Wildman–Crippen LogP) is 4.20. The van der Waals surface area contributed by atoms with Crippen LogP contribution < -0.4 is 11.1 Å². The normalized spacial score (nSPS) is 10.3. The van der Waals surface area contributed by atoms with Gasteiger partial charge in [-0.05, 0) is 29.8 Å². The largest absolute Gasteiger partial charge is 0.354 e. The Morgan fingerprint density at radius 3 is 2.59 bits per heavy atom. The van der Waals surface area contributed by atoms with Crippen molar-refractivity contribution >= 4 is 34.6 Å². The van der Waals surface area contributed by atoms with Crippen LogP contribution in [-0.2, 0) is 6.54 Å². The summed E-state index contributed by atoms with van der Waals surface area (Å²) in [6.45, 7) is 0.513. The van der Waals surface area contributed by atoms with Crippen LogP contribution in [0.15, 0.2) is 42.5 Å². The van der Waals surface area contributed by atoms with Gasteiger partial charge in [-0.15, -0.1) is 0 Å². The molecule has 0 fully saturated rings. The molecule has 0 spiro atoms. The summed E-state index contributed by atoms with van der Waals surface area (Å²) < 4.78 is 0. The molecule has 0 saturated heterocycles. The second-order valence-electron chi connectivity index (χ2n) is 3.63. The predicted molar refractivity (Wildman–Crippen MR) is 74.1 cm³/mol. The van der Waals surface area contributed by atoms with Crippen molar-refractivity contribution in [3.8, 4) is 0 Å². The quantitative estimate of drug-likeness (QED) is 0.874. The molecule has 3 N–H and O–H groups in total. The zero-order valence-electron chi connectivity index (χ0n) is 9.08. The van der Waals surface area contributed by atoms with E-state index in [-0.39, 0.29) is 0 Å². The molecule has 0 bridgehead atoms. The van der Waals surface area contributed by atoms with Gasteiger partial charge in [0.05, 0.1) is 15.7 Å². The zero-order chi connectivity index (χ0) is 12.3. The fourth-order valence-corrected chi connectivity index (χ4v) is 1.88. The van der Waals surface area contributed by atoms with Crippen molar-refractivity contribution in [3.63, 3.8) is 0 Å². The zero-order valence-corrected chi connectivity index (χ0v) is 10.6. The van der Waals surface area contributed by atoms with Crippen LogP contribution in [0.4, 0.5) is 11.4 Å². The number of hydrogen-bond acceptors (Lipinski definition) is 2. The van der Waals surface area contributed by atoms with Gasteiger partial charge < -0.3 is 11.1 Å². The van der Waals surface area contributed by atoms with Crippen LogP contribution in [0.1, 0.15) is 5.56 Å². The highest BCUT2D eigenvalue weighted by molar-refractivity contribution is 6.43. The first-order valence-electron chi connectivity index (χ1n) is 5.21. The van der Waals surface area contributed by atoms with E-state index in [9.17, 15) is 0 Å². The van der Waals surface area contributed by atoms with Crippen LogP contribution >= 0.6 is 23.2 Å². The van der Waals surface area contributed by atoms with Gasteiger partial charge in [-0.25, -0.2) is 0 Å². The first-order valence-corrected chi connectivity index (χ1v) is 5.96. The Kier molecular flexibility index (Phi) is 3.89. The Bertz CT molecular complexity index is 527. The van der Waals surface area contributed by atoms with E-state index in [4.69, 9.17) is 28.9 Å². The third-order valence-electron chi connectivity index (χ3n) is 2.39. The lowest BCUT2D eigenvalue weighted by atomic mass is 10.2. The molecule has 0 aliphatic rings. The molecule has 4 heteroatoms. The fourth-order valence-electron chi connectivity index (χ4n) is 1.53. The van der Waals surface area contributed by atoms with Crippen LogP contribution in [0, 0.1) is 0 Å². The maximum atomic E-state index is 6.10. The van der Waals surface area contributed by atoms with Gasteiger partial charge in [-0.3, -0.25) is 0 Å². The van der Waals surface area contributed by atoms with Crippen molar-refractivity contribution in [1.29, 1.82) is 0 Å². The number of nitrogens with two attached hydrogens (primary N) is 1. The number of anilines is 2. The van der Waals surface area contributed by atoms with Gasteiger partial charge in [-0.2, -0.15) is 0 Å². The summed E-state index contributed by atoms with van der Waals surface area (Å²) in [7, 11) is 0. The van der Waals surface area contributed by atoms with E-state index in [1.54, 1.807) is 6.07 Å². The Hall–Kier alpha value is -1.22. The summed E-state index contributed by atoms with van der Waals surface area (Å²) in [5, 5.41) is 4.27. The first-order chi connectivity index (χ1) is 8.20. The second kappa shape index (κ2) is 5.41. The Morgan fingerprint density at radius 2 is 1.82 bits per heavy atom. The van der Waals surface area contributed by atoms with Crippen molar-refractivity contribution in [1.82, 2.24) is 0 Å². The molecule has 2 aromatic rings. The average Bonchev–Trinajstić information content (AvgIpc) is 2.35. The summed E-state index contributed by atoms with van der Waals surface area (Å²) in [5.41, 5.74) is 8.38. The van der Waals surface area contributed by atoms with E-state index in [1.165, 1.54) is 0 Å². The summed E-state index contributed by atoms with van der Waals surface area (Å²) in [4.78, 5) is 0. The van der Waals surface area contributed by atoms with Gasteiger partial charge in [0.2, 0.25) is 0 Å². The van der Waals surface area contributed by atoms with E-state index >= 15 is 0 Å². The van der Waals surface area contributed by atoms with Gasteiger partial charge in [0.25, 0.3) is 0 Å². The van der Waals surface area contributed by atoms with Crippen molar-refractivity contribution in [3.05, 3.63) is 58.1 Å². The molecule has 0 aromatic heterocycles.